The van der Waals surface area contributed by atoms with Crippen molar-refractivity contribution >= 4 is 5.91 Å². The number of rotatable bonds is 22. The minimum Gasteiger partial charge on any atom is -0.394 e. The monoisotopic (exact) mass is 545 g/mol. The van der Waals surface area contributed by atoms with E-state index in [4.69, 9.17) is 9.47 Å². The number of amides is 1. The van der Waals surface area contributed by atoms with E-state index in [0.29, 0.717) is 6.42 Å². The van der Waals surface area contributed by atoms with Crippen LogP contribution in [0.5, 0.6) is 0 Å². The first-order valence-electron chi connectivity index (χ1n) is 14.9. The number of nitrogens with one attached hydrogen (secondary N) is 1. The molecule has 7 unspecified atom stereocenters. The zero-order chi connectivity index (χ0) is 28.2. The molecule has 1 aliphatic heterocycles. The normalized spacial score (nSPS) is 25.5. The molecule has 0 aromatic rings. The van der Waals surface area contributed by atoms with E-state index in [2.05, 4.69) is 19.2 Å². The van der Waals surface area contributed by atoms with Crippen molar-refractivity contribution in [2.24, 2.45) is 0 Å². The predicted molar refractivity (Wildman–Crippen MR) is 147 cm³/mol. The fourth-order valence-corrected chi connectivity index (χ4v) is 4.56. The predicted octanol–water partition coefficient (Wildman–Crippen LogP) is 3.10. The molecular formula is C29H55NO8. The van der Waals surface area contributed by atoms with Gasteiger partial charge in [0.1, 0.15) is 24.4 Å². The van der Waals surface area contributed by atoms with E-state index in [0.717, 1.165) is 44.9 Å². The largest absolute Gasteiger partial charge is 0.394 e. The maximum absolute atomic E-state index is 12.6. The zero-order valence-electron chi connectivity index (χ0n) is 23.7. The quantitative estimate of drug-likeness (QED) is 0.0898. The summed E-state index contributed by atoms with van der Waals surface area (Å²) in [5.74, 6) is -0.189. The third-order valence-electron chi connectivity index (χ3n) is 7.11. The number of carbonyl (C=O) groups is 1. The molecule has 0 aromatic carbocycles. The summed E-state index contributed by atoms with van der Waals surface area (Å²) < 4.78 is 11.0. The minimum absolute atomic E-state index is 0.187. The second kappa shape index (κ2) is 21.7. The molecule has 1 saturated heterocycles. The molecule has 0 saturated carbocycles. The van der Waals surface area contributed by atoms with E-state index in [1.165, 1.54) is 44.9 Å². The summed E-state index contributed by atoms with van der Waals surface area (Å²) in [6.07, 6.45) is 11.5. The Kier molecular flexibility index (Phi) is 20.0. The van der Waals surface area contributed by atoms with Crippen LogP contribution in [0.3, 0.4) is 0 Å². The topological polar surface area (TPSA) is 149 Å². The van der Waals surface area contributed by atoms with Gasteiger partial charge in [-0.15, -0.1) is 0 Å². The number of allylic oxidation sites excluding steroid dienone is 1. The van der Waals surface area contributed by atoms with Crippen molar-refractivity contribution in [3.05, 3.63) is 12.2 Å². The molecule has 1 amide bonds. The second-order valence-electron chi connectivity index (χ2n) is 10.6. The molecule has 7 atom stereocenters. The SMILES string of the molecule is CCCCCC/C=C/C(O)C(COC1OC(CO)C(O)C(O)C1O)NC(=O)CCCCCCCCCCC. The van der Waals surface area contributed by atoms with Gasteiger partial charge in [0.15, 0.2) is 6.29 Å². The highest BCUT2D eigenvalue weighted by molar-refractivity contribution is 5.76. The number of aliphatic hydroxyl groups excluding tert-OH is 5. The summed E-state index contributed by atoms with van der Waals surface area (Å²) in [7, 11) is 0. The molecular weight excluding hydrogens is 490 g/mol. The van der Waals surface area contributed by atoms with Crippen molar-refractivity contribution < 1.29 is 39.8 Å². The molecule has 1 aliphatic rings. The van der Waals surface area contributed by atoms with Gasteiger partial charge in [-0.3, -0.25) is 4.79 Å². The van der Waals surface area contributed by atoms with Crippen LogP contribution in [0, 0.1) is 0 Å². The molecule has 9 heteroatoms. The first-order valence-corrected chi connectivity index (χ1v) is 14.9. The van der Waals surface area contributed by atoms with E-state index < -0.39 is 49.5 Å². The maximum Gasteiger partial charge on any atom is 0.220 e. The maximum atomic E-state index is 12.6. The van der Waals surface area contributed by atoms with Crippen molar-refractivity contribution in [2.75, 3.05) is 13.2 Å². The summed E-state index contributed by atoms with van der Waals surface area (Å²) in [6.45, 7) is 3.61. The van der Waals surface area contributed by atoms with Gasteiger partial charge in [-0.05, 0) is 19.3 Å². The first-order chi connectivity index (χ1) is 18.3. The Morgan fingerprint density at radius 2 is 1.45 bits per heavy atom. The van der Waals surface area contributed by atoms with Crippen molar-refractivity contribution in [1.82, 2.24) is 5.32 Å². The standard InChI is InChI=1S/C29H55NO8/c1-3-5-7-9-11-12-13-15-17-19-25(33)30-22(23(32)18-16-14-10-8-6-4-2)21-37-29-28(36)27(35)26(34)24(20-31)38-29/h16,18,22-24,26-29,31-32,34-36H,3-15,17,19-21H2,1-2H3,(H,30,33)/b18-16+. The van der Waals surface area contributed by atoms with E-state index in [-0.39, 0.29) is 12.5 Å². The van der Waals surface area contributed by atoms with Gasteiger partial charge in [0.2, 0.25) is 5.91 Å². The highest BCUT2D eigenvalue weighted by Crippen LogP contribution is 2.22. The van der Waals surface area contributed by atoms with Gasteiger partial charge in [0.05, 0.1) is 25.4 Å². The third kappa shape index (κ3) is 14.4. The van der Waals surface area contributed by atoms with Gasteiger partial charge < -0.3 is 40.3 Å². The van der Waals surface area contributed by atoms with Crippen LogP contribution in [0.25, 0.3) is 0 Å². The minimum atomic E-state index is -1.56. The third-order valence-corrected chi connectivity index (χ3v) is 7.11. The Morgan fingerprint density at radius 3 is 2.05 bits per heavy atom. The van der Waals surface area contributed by atoms with Gasteiger partial charge in [0.25, 0.3) is 0 Å². The van der Waals surface area contributed by atoms with Gasteiger partial charge >= 0.3 is 0 Å². The van der Waals surface area contributed by atoms with Crippen LogP contribution in [-0.2, 0) is 14.3 Å². The van der Waals surface area contributed by atoms with Gasteiger partial charge in [-0.25, -0.2) is 0 Å². The van der Waals surface area contributed by atoms with E-state index in [1.54, 1.807) is 6.08 Å². The number of aliphatic hydroxyl groups is 5. The van der Waals surface area contributed by atoms with Gasteiger partial charge in [-0.1, -0.05) is 96.6 Å². The molecule has 0 spiro atoms. The van der Waals surface area contributed by atoms with Crippen molar-refractivity contribution in [3.63, 3.8) is 0 Å². The van der Waals surface area contributed by atoms with Crippen molar-refractivity contribution in [2.45, 2.75) is 153 Å². The molecule has 9 nitrogen and oxygen atoms in total. The molecule has 0 radical (unpaired) electrons. The van der Waals surface area contributed by atoms with E-state index >= 15 is 0 Å². The second-order valence-corrected chi connectivity index (χ2v) is 10.6. The lowest BCUT2D eigenvalue weighted by atomic mass is 9.99. The highest BCUT2D eigenvalue weighted by Gasteiger charge is 2.44. The summed E-state index contributed by atoms with van der Waals surface area (Å²) in [5, 5.41) is 53.2. The summed E-state index contributed by atoms with van der Waals surface area (Å²) >= 11 is 0. The lowest BCUT2D eigenvalue weighted by molar-refractivity contribution is -0.302. The molecule has 38 heavy (non-hydrogen) atoms. The van der Waals surface area contributed by atoms with Crippen molar-refractivity contribution in [3.8, 4) is 0 Å². The Bertz CT molecular complexity index is 617. The summed E-state index contributed by atoms with van der Waals surface area (Å²) in [6, 6.07) is -0.791. The number of carbonyl (C=O) groups excluding carboxylic acids is 1. The van der Waals surface area contributed by atoms with Crippen LogP contribution >= 0.6 is 0 Å². The Hall–Kier alpha value is -1.07. The average Bonchev–Trinajstić information content (AvgIpc) is 2.91. The average molecular weight is 546 g/mol. The molecule has 1 rings (SSSR count). The van der Waals surface area contributed by atoms with Gasteiger partial charge in [-0.2, -0.15) is 0 Å². The van der Waals surface area contributed by atoms with Crippen LogP contribution in [-0.4, -0.2) is 87.5 Å². The fourth-order valence-electron chi connectivity index (χ4n) is 4.56. The van der Waals surface area contributed by atoms with Gasteiger partial charge in [0, 0.05) is 6.42 Å². The summed E-state index contributed by atoms with van der Waals surface area (Å²) in [5.41, 5.74) is 0. The lowest BCUT2D eigenvalue weighted by Crippen LogP contribution is -2.60. The molecule has 0 aromatic heterocycles. The lowest BCUT2D eigenvalue weighted by Gasteiger charge is -2.40. The number of unbranched alkanes of at least 4 members (excludes halogenated alkanes) is 12. The highest BCUT2D eigenvalue weighted by atomic mass is 16.7. The first kappa shape index (κ1) is 35.0. The molecule has 1 heterocycles. The van der Waals surface area contributed by atoms with Crippen LogP contribution in [0.15, 0.2) is 12.2 Å². The van der Waals surface area contributed by atoms with Crippen LogP contribution in [0.1, 0.15) is 110 Å². The summed E-state index contributed by atoms with van der Waals surface area (Å²) in [4.78, 5) is 12.6. The molecule has 0 bridgehead atoms. The van der Waals surface area contributed by atoms with Crippen molar-refractivity contribution in [1.29, 1.82) is 0 Å². The molecule has 0 aliphatic carbocycles. The molecule has 6 N–H and O–H groups in total. The number of ether oxygens (including phenoxy) is 2. The molecule has 224 valence electrons. The Morgan fingerprint density at radius 1 is 0.868 bits per heavy atom. The number of hydrogen-bond donors (Lipinski definition) is 6. The van der Waals surface area contributed by atoms with E-state index in [9.17, 15) is 30.3 Å². The fraction of sp³-hybridized carbons (Fsp3) is 0.897. The smallest absolute Gasteiger partial charge is 0.220 e. The Balaban J connectivity index is 2.57. The Labute approximate surface area is 229 Å². The van der Waals surface area contributed by atoms with Crippen LogP contribution < -0.4 is 5.32 Å². The van der Waals surface area contributed by atoms with Crippen LogP contribution in [0.2, 0.25) is 0 Å². The zero-order valence-corrected chi connectivity index (χ0v) is 23.7. The number of hydrogen-bond acceptors (Lipinski definition) is 8. The molecule has 1 fully saturated rings. The van der Waals surface area contributed by atoms with Crippen LogP contribution in [0.4, 0.5) is 0 Å². The van der Waals surface area contributed by atoms with E-state index in [1.807, 2.05) is 6.08 Å².